The van der Waals surface area contributed by atoms with Crippen molar-refractivity contribution in [1.82, 2.24) is 19.4 Å². The van der Waals surface area contributed by atoms with Crippen LogP contribution in [0, 0.1) is 0 Å². The monoisotopic (exact) mass is 546 g/mol. The molecule has 0 unspecified atom stereocenters. The van der Waals surface area contributed by atoms with Gasteiger partial charge in [-0.25, -0.2) is 4.98 Å². The largest absolute Gasteiger partial charge is 0.309 e. The molecule has 41 heavy (non-hydrogen) atoms. The number of benzene rings is 4. The topological polar surface area (TPSA) is 60.2 Å². The van der Waals surface area contributed by atoms with Crippen molar-refractivity contribution < 1.29 is 4.57 Å². The van der Waals surface area contributed by atoms with E-state index in [1.807, 2.05) is 109 Å². The van der Waals surface area contributed by atoms with E-state index in [0.717, 1.165) is 60.4 Å². The Morgan fingerprint density at radius 1 is 0.585 bits per heavy atom. The summed E-state index contributed by atoms with van der Waals surface area (Å²) >= 11 is 0. The van der Waals surface area contributed by atoms with Crippen LogP contribution < -0.4 is 15.9 Å². The molecule has 0 spiro atoms. The molecule has 0 saturated carbocycles. The van der Waals surface area contributed by atoms with Gasteiger partial charge in [-0.05, 0) is 36.4 Å². The number of para-hydroxylation sites is 3. The van der Waals surface area contributed by atoms with Crippen LogP contribution in [0.2, 0.25) is 0 Å². The van der Waals surface area contributed by atoms with Crippen LogP contribution in [0.25, 0.3) is 49.7 Å². The third kappa shape index (κ3) is 3.56. The summed E-state index contributed by atoms with van der Waals surface area (Å²) in [6, 6.07) is 41.8. The molecular formula is C35H23N4OP. The van der Waals surface area contributed by atoms with Gasteiger partial charge in [0.1, 0.15) is 5.65 Å². The van der Waals surface area contributed by atoms with Crippen molar-refractivity contribution in [2.24, 2.45) is 0 Å². The summed E-state index contributed by atoms with van der Waals surface area (Å²) in [7, 11) is -3.12. The first-order chi connectivity index (χ1) is 20.2. The fraction of sp³-hybridized carbons (Fsp3) is 0. The lowest BCUT2D eigenvalue weighted by Crippen LogP contribution is -2.25. The Morgan fingerprint density at radius 2 is 1.29 bits per heavy atom. The summed E-state index contributed by atoms with van der Waals surface area (Å²) in [5.74, 6) is 0. The van der Waals surface area contributed by atoms with Crippen LogP contribution in [0.1, 0.15) is 0 Å². The van der Waals surface area contributed by atoms with Gasteiger partial charge in [0.2, 0.25) is 0 Å². The third-order valence-corrected chi connectivity index (χ3v) is 10.8. The molecular weight excluding hydrogens is 523 g/mol. The van der Waals surface area contributed by atoms with E-state index in [1.54, 1.807) is 6.20 Å². The maximum absolute atomic E-state index is 14.9. The van der Waals surface area contributed by atoms with Gasteiger partial charge in [0.25, 0.3) is 0 Å². The molecule has 0 bridgehead atoms. The lowest BCUT2D eigenvalue weighted by molar-refractivity contribution is 0.592. The molecule has 8 aromatic rings. The SMILES string of the molecule is O=P(c1ccccc1)(c1ccccc1)c1ccc(-c2cccc3c4ncccc4c4nc5ccccc5n4c23)nc1. The number of fused-ring (bicyclic) bond motifs is 8. The van der Waals surface area contributed by atoms with Crippen molar-refractivity contribution in [1.29, 1.82) is 0 Å². The molecule has 0 aliphatic rings. The van der Waals surface area contributed by atoms with Gasteiger partial charge in [-0.15, -0.1) is 0 Å². The van der Waals surface area contributed by atoms with Crippen molar-refractivity contribution >= 4 is 61.5 Å². The minimum absolute atomic E-state index is 0.698. The van der Waals surface area contributed by atoms with Crippen molar-refractivity contribution in [3.63, 3.8) is 0 Å². The molecule has 8 rings (SSSR count). The number of hydrogen-bond acceptors (Lipinski definition) is 4. The molecule has 0 N–H and O–H groups in total. The summed E-state index contributed by atoms with van der Waals surface area (Å²) in [6.45, 7) is 0. The molecule has 0 aliphatic carbocycles. The Balaban J connectivity index is 1.39. The fourth-order valence-electron chi connectivity index (χ4n) is 5.87. The second kappa shape index (κ2) is 9.22. The van der Waals surface area contributed by atoms with E-state index in [1.165, 1.54) is 0 Å². The molecule has 194 valence electrons. The van der Waals surface area contributed by atoms with E-state index >= 15 is 0 Å². The highest BCUT2D eigenvalue weighted by Crippen LogP contribution is 2.42. The van der Waals surface area contributed by atoms with Crippen molar-refractivity contribution in [2.45, 2.75) is 0 Å². The maximum Gasteiger partial charge on any atom is 0.172 e. The minimum Gasteiger partial charge on any atom is -0.309 e. The van der Waals surface area contributed by atoms with Crippen LogP contribution in [0.15, 0.2) is 140 Å². The second-order valence-electron chi connectivity index (χ2n) is 10.0. The number of aromatic nitrogens is 4. The van der Waals surface area contributed by atoms with Gasteiger partial charge in [-0.1, -0.05) is 91.0 Å². The molecule has 4 aromatic heterocycles. The summed E-state index contributed by atoms with van der Waals surface area (Å²) in [4.78, 5) is 14.7. The average molecular weight is 547 g/mol. The van der Waals surface area contributed by atoms with Crippen molar-refractivity contribution in [2.75, 3.05) is 0 Å². The van der Waals surface area contributed by atoms with Gasteiger partial charge in [0, 0.05) is 44.6 Å². The molecule has 0 radical (unpaired) electrons. The predicted octanol–water partition coefficient (Wildman–Crippen LogP) is 6.89. The molecule has 4 heterocycles. The zero-order valence-electron chi connectivity index (χ0n) is 21.9. The van der Waals surface area contributed by atoms with E-state index in [0.29, 0.717) is 5.30 Å². The van der Waals surface area contributed by atoms with Crippen molar-refractivity contribution in [3.05, 3.63) is 140 Å². The molecule has 6 heteroatoms. The third-order valence-electron chi connectivity index (χ3n) is 7.75. The van der Waals surface area contributed by atoms with Gasteiger partial charge in [-0.2, -0.15) is 0 Å². The van der Waals surface area contributed by atoms with Crippen molar-refractivity contribution in [3.8, 4) is 11.3 Å². The molecule has 0 amide bonds. The Labute approximate surface area is 236 Å². The summed E-state index contributed by atoms with van der Waals surface area (Å²) in [5.41, 5.74) is 6.47. The highest BCUT2D eigenvalue weighted by Gasteiger charge is 2.30. The summed E-state index contributed by atoms with van der Waals surface area (Å²) < 4.78 is 17.1. The minimum atomic E-state index is -3.12. The predicted molar refractivity (Wildman–Crippen MR) is 168 cm³/mol. The molecule has 0 saturated heterocycles. The first kappa shape index (κ1) is 23.7. The number of nitrogens with zero attached hydrogens (tertiary/aromatic N) is 4. The number of rotatable bonds is 4. The molecule has 5 nitrogen and oxygen atoms in total. The van der Waals surface area contributed by atoms with E-state index in [-0.39, 0.29) is 0 Å². The molecule has 0 fully saturated rings. The zero-order chi connectivity index (χ0) is 27.4. The van der Waals surface area contributed by atoms with E-state index in [9.17, 15) is 4.57 Å². The Kier molecular flexibility index (Phi) is 5.34. The fourth-order valence-corrected chi connectivity index (χ4v) is 8.45. The Bertz CT molecular complexity index is 2230. The van der Waals surface area contributed by atoms with Gasteiger partial charge < -0.3 is 4.57 Å². The molecule has 0 aliphatic heterocycles. The quantitative estimate of drug-likeness (QED) is 0.178. The summed E-state index contributed by atoms with van der Waals surface area (Å²) in [6.07, 6.45) is 3.60. The first-order valence-electron chi connectivity index (χ1n) is 13.5. The van der Waals surface area contributed by atoms with Crippen LogP contribution in [-0.4, -0.2) is 19.4 Å². The smallest absolute Gasteiger partial charge is 0.172 e. The molecule has 0 atom stereocenters. The lowest BCUT2D eigenvalue weighted by Gasteiger charge is -2.20. The average Bonchev–Trinajstić information content (AvgIpc) is 3.45. The van der Waals surface area contributed by atoms with E-state index < -0.39 is 7.14 Å². The van der Waals surface area contributed by atoms with Crippen LogP contribution >= 0.6 is 7.14 Å². The van der Waals surface area contributed by atoms with Gasteiger partial charge >= 0.3 is 0 Å². The Hall–Kier alpha value is -5.12. The van der Waals surface area contributed by atoms with E-state index in [4.69, 9.17) is 15.0 Å². The standard InChI is InChI=1S/C35H23N4OP/c40-41(24-11-3-1-4-12-24,25-13-5-2-6-14-25)26-20-21-30(37-23-26)27-15-9-16-28-33-29(17-10-22-36-33)35-38-31-18-7-8-19-32(31)39(35)34(27)28/h1-23H. The highest BCUT2D eigenvalue weighted by molar-refractivity contribution is 7.85. The maximum atomic E-state index is 14.9. The van der Waals surface area contributed by atoms with Crippen LogP contribution in [-0.2, 0) is 4.57 Å². The van der Waals surface area contributed by atoms with Crippen LogP contribution in [0.4, 0.5) is 0 Å². The van der Waals surface area contributed by atoms with Gasteiger partial charge in [0.15, 0.2) is 7.14 Å². The highest BCUT2D eigenvalue weighted by atomic mass is 31.2. The first-order valence-corrected chi connectivity index (χ1v) is 15.2. The summed E-state index contributed by atoms with van der Waals surface area (Å²) in [5, 5.41) is 4.30. The van der Waals surface area contributed by atoms with Crippen LogP contribution in [0.5, 0.6) is 0 Å². The lowest BCUT2D eigenvalue weighted by atomic mass is 10.0. The number of imidazole rings is 1. The number of hydrogen-bond donors (Lipinski definition) is 0. The zero-order valence-corrected chi connectivity index (χ0v) is 22.8. The van der Waals surface area contributed by atoms with Crippen LogP contribution in [0.3, 0.4) is 0 Å². The second-order valence-corrected chi connectivity index (χ2v) is 12.8. The van der Waals surface area contributed by atoms with E-state index in [2.05, 4.69) is 28.7 Å². The van der Waals surface area contributed by atoms with Gasteiger partial charge in [0.05, 0.1) is 27.8 Å². The molecule has 4 aromatic carbocycles. The van der Waals surface area contributed by atoms with Gasteiger partial charge in [-0.3, -0.25) is 14.4 Å². The Morgan fingerprint density at radius 3 is 2.02 bits per heavy atom. The number of pyridine rings is 3. The normalized spacial score (nSPS) is 12.0.